The zero-order valence-electron chi connectivity index (χ0n) is 23.2. The smallest absolute Gasteiger partial charge is 0.323 e. The summed E-state index contributed by atoms with van der Waals surface area (Å²) in [6.07, 6.45) is 2.55. The van der Waals surface area contributed by atoms with Gasteiger partial charge in [-0.25, -0.2) is 4.85 Å². The molecular weight excluding hydrogens is 510 g/mol. The molecule has 1 saturated carbocycles. The molecule has 2 aliphatic rings. The van der Waals surface area contributed by atoms with Crippen molar-refractivity contribution in [1.82, 2.24) is 10.1 Å². The van der Waals surface area contributed by atoms with Gasteiger partial charge in [-0.3, -0.25) is 9.59 Å². The van der Waals surface area contributed by atoms with E-state index in [9.17, 15) is 9.59 Å². The lowest BCUT2D eigenvalue weighted by atomic mass is 9.57. The summed E-state index contributed by atoms with van der Waals surface area (Å²) in [5.41, 5.74) is 3.08. The monoisotopic (exact) mass is 543 g/mol. The molecule has 5 rings (SSSR count). The average Bonchev–Trinajstić information content (AvgIpc) is 3.56. The molecule has 0 spiro atoms. The van der Waals surface area contributed by atoms with Gasteiger partial charge in [-0.2, -0.15) is 4.98 Å². The van der Waals surface area contributed by atoms with Gasteiger partial charge >= 0.3 is 11.9 Å². The van der Waals surface area contributed by atoms with Crippen molar-refractivity contribution in [2.75, 3.05) is 13.2 Å². The molecular formula is C31H33N3O6. The summed E-state index contributed by atoms with van der Waals surface area (Å²) in [5.74, 6) is 0.752. The largest absolute Gasteiger partial charge is 0.502 e. The van der Waals surface area contributed by atoms with Crippen LogP contribution < -0.4 is 4.74 Å². The first kappa shape index (κ1) is 27.4. The number of benzene rings is 2. The van der Waals surface area contributed by atoms with Gasteiger partial charge in [0.1, 0.15) is 5.75 Å². The first-order valence-corrected chi connectivity index (χ1v) is 13.8. The van der Waals surface area contributed by atoms with Crippen molar-refractivity contribution in [3.05, 3.63) is 58.9 Å². The van der Waals surface area contributed by atoms with Crippen molar-refractivity contribution in [2.24, 2.45) is 11.3 Å². The second kappa shape index (κ2) is 11.1. The number of carbonyl (C=O) groups excluding carboxylic acids is 2. The van der Waals surface area contributed by atoms with Crippen molar-refractivity contribution >= 4 is 17.6 Å². The number of esters is 2. The quantitative estimate of drug-likeness (QED) is 0.176. The zero-order valence-corrected chi connectivity index (χ0v) is 23.2. The van der Waals surface area contributed by atoms with Crippen molar-refractivity contribution < 1.29 is 28.3 Å². The maximum Gasteiger partial charge on any atom is 0.323 e. The van der Waals surface area contributed by atoms with Crippen molar-refractivity contribution in [1.29, 1.82) is 0 Å². The minimum absolute atomic E-state index is 0.0444. The first-order valence-electron chi connectivity index (χ1n) is 13.8. The zero-order chi connectivity index (χ0) is 28.4. The number of nitrogens with zero attached hydrogens (tertiary/aromatic N) is 3. The van der Waals surface area contributed by atoms with Crippen LogP contribution in [0.4, 0.5) is 5.69 Å². The van der Waals surface area contributed by atoms with Crippen LogP contribution in [0.3, 0.4) is 0 Å². The topological polar surface area (TPSA) is 105 Å². The Morgan fingerprint density at radius 1 is 1.12 bits per heavy atom. The standard InChI is InChI=1S/C31H33N3O6/c1-6-37-29(35)31(30(36)38-7-2)16-20(17-31)21-12-13-23-22(21)9-8-10-24(23)27-33-28(40-34-27)19-11-14-26(39-18(3)4)25(15-19)32-5/h8-11,14-15,18,20-21H,6-7,12-13,16-17H2,1-4H3/t21-/m1/s1. The molecule has 2 aromatic carbocycles. The Morgan fingerprint density at radius 3 is 2.50 bits per heavy atom. The van der Waals surface area contributed by atoms with Crippen LogP contribution in [0.25, 0.3) is 27.7 Å². The third kappa shape index (κ3) is 4.83. The molecule has 0 N–H and O–H groups in total. The molecule has 208 valence electrons. The summed E-state index contributed by atoms with van der Waals surface area (Å²) >= 11 is 0. The van der Waals surface area contributed by atoms with Crippen LogP contribution in [0.2, 0.25) is 0 Å². The normalized spacial score (nSPS) is 17.6. The van der Waals surface area contributed by atoms with Crippen LogP contribution in [0.1, 0.15) is 64.0 Å². The van der Waals surface area contributed by atoms with Crippen LogP contribution in [0.5, 0.6) is 5.75 Å². The number of hydrogen-bond donors (Lipinski definition) is 0. The van der Waals surface area contributed by atoms with Gasteiger partial charge in [0.2, 0.25) is 11.5 Å². The van der Waals surface area contributed by atoms with E-state index in [2.05, 4.69) is 21.1 Å². The molecule has 0 unspecified atom stereocenters. The fourth-order valence-electron chi connectivity index (χ4n) is 6.00. The molecule has 0 saturated heterocycles. The third-order valence-corrected chi connectivity index (χ3v) is 7.80. The Labute approximate surface area is 233 Å². The lowest BCUT2D eigenvalue weighted by Gasteiger charge is -2.45. The van der Waals surface area contributed by atoms with E-state index in [0.717, 1.165) is 24.0 Å². The van der Waals surface area contributed by atoms with Crippen LogP contribution in [-0.2, 0) is 25.5 Å². The van der Waals surface area contributed by atoms with E-state index in [1.165, 1.54) is 5.56 Å². The van der Waals surface area contributed by atoms with E-state index in [0.29, 0.717) is 41.6 Å². The predicted octanol–water partition coefficient (Wildman–Crippen LogP) is 6.29. The molecule has 0 bridgehead atoms. The Kier molecular flexibility index (Phi) is 7.61. The first-order chi connectivity index (χ1) is 19.3. The fourth-order valence-corrected chi connectivity index (χ4v) is 6.00. The Morgan fingerprint density at radius 2 is 1.85 bits per heavy atom. The minimum atomic E-state index is -1.21. The average molecular weight is 544 g/mol. The van der Waals surface area contributed by atoms with Gasteiger partial charge in [-0.15, -0.1) is 0 Å². The molecule has 40 heavy (non-hydrogen) atoms. The van der Waals surface area contributed by atoms with Crippen LogP contribution in [-0.4, -0.2) is 41.4 Å². The van der Waals surface area contributed by atoms with Crippen molar-refractivity contribution in [3.63, 3.8) is 0 Å². The SMILES string of the molecule is [C-]#[N+]c1cc(-c2nc(-c3cccc4c3CC[C@@H]4C3CC(C(=O)OCC)(C(=O)OCC)C3)no2)ccc1OC(C)C. The third-order valence-electron chi connectivity index (χ3n) is 7.80. The Hall–Kier alpha value is -4.19. The Bertz CT molecular complexity index is 1440. The van der Waals surface area contributed by atoms with Gasteiger partial charge in [-0.05, 0) is 94.5 Å². The van der Waals surface area contributed by atoms with Gasteiger partial charge in [0, 0.05) is 11.1 Å². The van der Waals surface area contributed by atoms with E-state index >= 15 is 0 Å². The minimum Gasteiger partial charge on any atom is -0.502 e. The second-order valence-corrected chi connectivity index (χ2v) is 10.6. The molecule has 1 aromatic heterocycles. The molecule has 1 atom stereocenters. The van der Waals surface area contributed by atoms with E-state index in [1.807, 2.05) is 32.0 Å². The Balaban J connectivity index is 1.37. The summed E-state index contributed by atoms with van der Waals surface area (Å²) in [4.78, 5) is 33.8. The van der Waals surface area contributed by atoms with E-state index in [4.69, 9.17) is 25.3 Å². The molecule has 0 aliphatic heterocycles. The second-order valence-electron chi connectivity index (χ2n) is 10.6. The highest BCUT2D eigenvalue weighted by molar-refractivity contribution is 6.01. The lowest BCUT2D eigenvalue weighted by molar-refractivity contribution is -0.184. The number of aromatic nitrogens is 2. The summed E-state index contributed by atoms with van der Waals surface area (Å²) in [6.45, 7) is 15.3. The molecule has 1 fully saturated rings. The van der Waals surface area contributed by atoms with Gasteiger partial charge in [-0.1, -0.05) is 23.4 Å². The van der Waals surface area contributed by atoms with E-state index < -0.39 is 17.4 Å². The summed E-state index contributed by atoms with van der Waals surface area (Å²) < 4.78 is 21.9. The number of ether oxygens (including phenoxy) is 3. The molecule has 0 amide bonds. The highest BCUT2D eigenvalue weighted by Crippen LogP contribution is 2.57. The van der Waals surface area contributed by atoms with E-state index in [1.54, 1.807) is 26.0 Å². The lowest BCUT2D eigenvalue weighted by Crippen LogP contribution is -2.52. The van der Waals surface area contributed by atoms with Crippen LogP contribution >= 0.6 is 0 Å². The molecule has 1 heterocycles. The fraction of sp³-hybridized carbons (Fsp3) is 0.452. The maximum absolute atomic E-state index is 12.8. The molecule has 9 nitrogen and oxygen atoms in total. The van der Waals surface area contributed by atoms with E-state index in [-0.39, 0.29) is 31.2 Å². The summed E-state index contributed by atoms with van der Waals surface area (Å²) in [6, 6.07) is 11.3. The number of hydrogen-bond acceptors (Lipinski definition) is 8. The predicted molar refractivity (Wildman–Crippen MR) is 147 cm³/mol. The summed E-state index contributed by atoms with van der Waals surface area (Å²) in [5, 5.41) is 4.26. The van der Waals surface area contributed by atoms with Gasteiger partial charge < -0.3 is 18.7 Å². The van der Waals surface area contributed by atoms with Gasteiger partial charge in [0.15, 0.2) is 5.41 Å². The number of fused-ring (bicyclic) bond motifs is 1. The van der Waals surface area contributed by atoms with Gasteiger partial charge in [0.05, 0.1) is 25.9 Å². The highest BCUT2D eigenvalue weighted by atomic mass is 16.6. The maximum atomic E-state index is 12.8. The molecule has 0 radical (unpaired) electrons. The van der Waals surface area contributed by atoms with Crippen LogP contribution in [0.15, 0.2) is 40.9 Å². The molecule has 2 aliphatic carbocycles. The molecule has 3 aromatic rings. The number of rotatable bonds is 9. The van der Waals surface area contributed by atoms with Crippen molar-refractivity contribution in [2.45, 2.75) is 65.4 Å². The van der Waals surface area contributed by atoms with Gasteiger partial charge in [0.25, 0.3) is 5.89 Å². The molecule has 9 heteroatoms. The summed E-state index contributed by atoms with van der Waals surface area (Å²) in [7, 11) is 0. The van der Waals surface area contributed by atoms with Crippen LogP contribution in [0, 0.1) is 17.9 Å². The highest BCUT2D eigenvalue weighted by Gasteiger charge is 2.60. The number of carbonyl (C=O) groups is 2. The van der Waals surface area contributed by atoms with Crippen molar-refractivity contribution in [3.8, 4) is 28.6 Å².